The Bertz CT molecular complexity index is 426. The van der Waals surface area contributed by atoms with Gasteiger partial charge in [0.15, 0.2) is 0 Å². The third-order valence-corrected chi connectivity index (χ3v) is 2.57. The van der Waals surface area contributed by atoms with Gasteiger partial charge in [-0.15, -0.1) is 0 Å². The highest BCUT2D eigenvalue weighted by molar-refractivity contribution is 5.85. The van der Waals surface area contributed by atoms with E-state index in [9.17, 15) is 9.59 Å². The normalized spacial score (nSPS) is 10.0. The zero-order valence-electron chi connectivity index (χ0n) is 11.5. The Kier molecular flexibility index (Phi) is 6.64. The van der Waals surface area contributed by atoms with Crippen molar-refractivity contribution in [2.75, 3.05) is 13.2 Å². The standard InChI is InChI=1S/C15H20O4/c1-3-18-14-8-6-5-7-12(14)11-13(16)9-10-15(17)19-4-2/h5-8H,3-4,9-11H2,1-2H3. The number of Topliss-reactive ketones (excluding diaryl/α,β-unsaturated/α-hetero) is 1. The molecule has 0 atom stereocenters. The van der Waals surface area contributed by atoms with Crippen LogP contribution in [0.2, 0.25) is 0 Å². The first kappa shape index (κ1) is 15.2. The lowest BCUT2D eigenvalue weighted by molar-refractivity contribution is -0.144. The van der Waals surface area contributed by atoms with Crippen molar-refractivity contribution in [1.29, 1.82) is 0 Å². The summed E-state index contributed by atoms with van der Waals surface area (Å²) in [6, 6.07) is 7.46. The van der Waals surface area contributed by atoms with Crippen LogP contribution in [0.5, 0.6) is 5.75 Å². The molecule has 0 N–H and O–H groups in total. The lowest BCUT2D eigenvalue weighted by Crippen LogP contribution is -2.10. The lowest BCUT2D eigenvalue weighted by atomic mass is 10.0. The number of esters is 1. The van der Waals surface area contributed by atoms with Crippen LogP contribution in [0.3, 0.4) is 0 Å². The first-order valence-corrected chi connectivity index (χ1v) is 6.55. The van der Waals surface area contributed by atoms with E-state index in [4.69, 9.17) is 9.47 Å². The van der Waals surface area contributed by atoms with E-state index < -0.39 is 0 Å². The van der Waals surface area contributed by atoms with E-state index in [2.05, 4.69) is 0 Å². The van der Waals surface area contributed by atoms with Crippen molar-refractivity contribution in [3.05, 3.63) is 29.8 Å². The molecule has 0 radical (unpaired) electrons. The molecule has 1 aromatic carbocycles. The van der Waals surface area contributed by atoms with Crippen LogP contribution in [-0.4, -0.2) is 25.0 Å². The van der Waals surface area contributed by atoms with Crippen molar-refractivity contribution in [3.8, 4) is 5.75 Å². The Morgan fingerprint density at radius 2 is 1.79 bits per heavy atom. The Morgan fingerprint density at radius 3 is 2.47 bits per heavy atom. The van der Waals surface area contributed by atoms with Gasteiger partial charge in [0, 0.05) is 18.4 Å². The van der Waals surface area contributed by atoms with Crippen molar-refractivity contribution in [3.63, 3.8) is 0 Å². The van der Waals surface area contributed by atoms with Crippen LogP contribution in [0.25, 0.3) is 0 Å². The second-order valence-electron chi connectivity index (χ2n) is 4.06. The Hall–Kier alpha value is -1.84. The molecule has 4 nitrogen and oxygen atoms in total. The molecular formula is C15H20O4. The monoisotopic (exact) mass is 264 g/mol. The van der Waals surface area contributed by atoms with Gasteiger partial charge >= 0.3 is 5.97 Å². The molecule has 0 aliphatic heterocycles. The van der Waals surface area contributed by atoms with E-state index in [1.165, 1.54) is 0 Å². The molecule has 104 valence electrons. The first-order valence-electron chi connectivity index (χ1n) is 6.55. The number of para-hydroxylation sites is 1. The molecule has 4 heteroatoms. The smallest absolute Gasteiger partial charge is 0.306 e. The highest BCUT2D eigenvalue weighted by Crippen LogP contribution is 2.19. The summed E-state index contributed by atoms with van der Waals surface area (Å²) < 4.78 is 10.2. The number of hydrogen-bond acceptors (Lipinski definition) is 4. The number of carbonyl (C=O) groups excluding carboxylic acids is 2. The molecule has 19 heavy (non-hydrogen) atoms. The predicted molar refractivity (Wildman–Crippen MR) is 72.2 cm³/mol. The summed E-state index contributed by atoms with van der Waals surface area (Å²) in [5.74, 6) is 0.420. The fourth-order valence-electron chi connectivity index (χ4n) is 1.72. The molecule has 0 unspecified atom stereocenters. The fraction of sp³-hybridized carbons (Fsp3) is 0.467. The molecule has 0 aliphatic rings. The van der Waals surface area contributed by atoms with Crippen molar-refractivity contribution in [2.24, 2.45) is 0 Å². The number of hydrogen-bond donors (Lipinski definition) is 0. The minimum atomic E-state index is -0.325. The molecule has 0 amide bonds. The van der Waals surface area contributed by atoms with Crippen molar-refractivity contribution in [2.45, 2.75) is 33.1 Å². The molecule has 0 spiro atoms. The van der Waals surface area contributed by atoms with E-state index in [1.807, 2.05) is 31.2 Å². The topological polar surface area (TPSA) is 52.6 Å². The van der Waals surface area contributed by atoms with Crippen LogP contribution < -0.4 is 4.74 Å². The van der Waals surface area contributed by atoms with Gasteiger partial charge in [-0.05, 0) is 19.9 Å². The largest absolute Gasteiger partial charge is 0.494 e. The minimum Gasteiger partial charge on any atom is -0.494 e. The average molecular weight is 264 g/mol. The van der Waals surface area contributed by atoms with E-state index in [1.54, 1.807) is 6.92 Å². The SMILES string of the molecule is CCOC(=O)CCC(=O)Cc1ccccc1OCC. The van der Waals surface area contributed by atoms with Crippen LogP contribution in [0.15, 0.2) is 24.3 Å². The van der Waals surface area contributed by atoms with Crippen molar-refractivity contribution in [1.82, 2.24) is 0 Å². The van der Waals surface area contributed by atoms with Gasteiger partial charge in [-0.3, -0.25) is 9.59 Å². The summed E-state index contributed by atoms with van der Waals surface area (Å²) in [7, 11) is 0. The second-order valence-corrected chi connectivity index (χ2v) is 4.06. The molecule has 0 heterocycles. The summed E-state index contributed by atoms with van der Waals surface area (Å²) in [4.78, 5) is 23.0. The maximum Gasteiger partial charge on any atom is 0.306 e. The summed E-state index contributed by atoms with van der Waals surface area (Å²) in [5, 5.41) is 0. The summed E-state index contributed by atoms with van der Waals surface area (Å²) in [6.45, 7) is 4.56. The van der Waals surface area contributed by atoms with Crippen LogP contribution >= 0.6 is 0 Å². The van der Waals surface area contributed by atoms with E-state index in [-0.39, 0.29) is 31.0 Å². The lowest BCUT2D eigenvalue weighted by Gasteiger charge is -2.09. The van der Waals surface area contributed by atoms with Gasteiger partial charge in [0.1, 0.15) is 11.5 Å². The molecule has 0 saturated heterocycles. The van der Waals surface area contributed by atoms with E-state index in [0.717, 1.165) is 11.3 Å². The maximum absolute atomic E-state index is 11.8. The Morgan fingerprint density at radius 1 is 1.05 bits per heavy atom. The third-order valence-electron chi connectivity index (χ3n) is 2.57. The third kappa shape index (κ3) is 5.55. The highest BCUT2D eigenvalue weighted by atomic mass is 16.5. The zero-order valence-corrected chi connectivity index (χ0v) is 11.5. The average Bonchev–Trinajstić information content (AvgIpc) is 2.39. The number of ether oxygens (including phenoxy) is 2. The second kappa shape index (κ2) is 8.29. The number of ketones is 1. The molecule has 0 aliphatic carbocycles. The Balaban J connectivity index is 2.50. The van der Waals surface area contributed by atoms with Crippen LogP contribution in [0.4, 0.5) is 0 Å². The zero-order chi connectivity index (χ0) is 14.1. The Labute approximate surface area is 113 Å². The predicted octanol–water partition coefficient (Wildman–Crippen LogP) is 2.54. The van der Waals surface area contributed by atoms with Crippen LogP contribution in [0, 0.1) is 0 Å². The summed E-state index contributed by atoms with van der Waals surface area (Å²) in [6.07, 6.45) is 0.637. The summed E-state index contributed by atoms with van der Waals surface area (Å²) >= 11 is 0. The molecule has 0 aromatic heterocycles. The maximum atomic E-state index is 11.8. The number of benzene rings is 1. The molecule has 1 rings (SSSR count). The summed E-state index contributed by atoms with van der Waals surface area (Å²) in [5.41, 5.74) is 0.859. The molecule has 0 bridgehead atoms. The van der Waals surface area contributed by atoms with Gasteiger partial charge in [-0.1, -0.05) is 18.2 Å². The van der Waals surface area contributed by atoms with Gasteiger partial charge in [0.25, 0.3) is 0 Å². The first-order chi connectivity index (χ1) is 9.17. The van der Waals surface area contributed by atoms with Crippen molar-refractivity contribution >= 4 is 11.8 Å². The van der Waals surface area contributed by atoms with Gasteiger partial charge in [0.05, 0.1) is 19.6 Å². The van der Waals surface area contributed by atoms with Gasteiger partial charge in [0.2, 0.25) is 0 Å². The van der Waals surface area contributed by atoms with Crippen LogP contribution in [-0.2, 0) is 20.7 Å². The van der Waals surface area contributed by atoms with Gasteiger partial charge < -0.3 is 9.47 Å². The molecule has 0 fully saturated rings. The van der Waals surface area contributed by atoms with Gasteiger partial charge in [-0.25, -0.2) is 0 Å². The minimum absolute atomic E-state index is 0.0141. The van der Waals surface area contributed by atoms with Crippen molar-refractivity contribution < 1.29 is 19.1 Å². The number of rotatable bonds is 8. The van der Waals surface area contributed by atoms with Crippen LogP contribution in [0.1, 0.15) is 32.3 Å². The van der Waals surface area contributed by atoms with Gasteiger partial charge in [-0.2, -0.15) is 0 Å². The molecule has 0 saturated carbocycles. The van der Waals surface area contributed by atoms with E-state index >= 15 is 0 Å². The fourth-order valence-corrected chi connectivity index (χ4v) is 1.72. The van der Waals surface area contributed by atoms with E-state index in [0.29, 0.717) is 13.2 Å². The highest BCUT2D eigenvalue weighted by Gasteiger charge is 2.11. The molecular weight excluding hydrogens is 244 g/mol. The quantitative estimate of drug-likeness (QED) is 0.677. The molecule has 1 aromatic rings. The number of carbonyl (C=O) groups is 2.